The monoisotopic (exact) mass is 215 g/mol. The van der Waals surface area contributed by atoms with Gasteiger partial charge in [-0.3, -0.25) is 0 Å². The van der Waals surface area contributed by atoms with Gasteiger partial charge in [0, 0.05) is 11.5 Å². The van der Waals surface area contributed by atoms with Gasteiger partial charge in [0.15, 0.2) is 0 Å². The quantitative estimate of drug-likeness (QED) is 0.689. The fourth-order valence-corrected chi connectivity index (χ4v) is 1.55. The van der Waals surface area contributed by atoms with Crippen molar-refractivity contribution < 1.29 is 4.74 Å². The maximum absolute atomic E-state index is 5.69. The van der Waals surface area contributed by atoms with E-state index in [4.69, 9.17) is 4.74 Å². The molecule has 0 saturated heterocycles. The van der Waals surface area contributed by atoms with E-state index in [2.05, 4.69) is 26.1 Å². The molecule has 0 unspecified atom stereocenters. The zero-order chi connectivity index (χ0) is 12.0. The third kappa shape index (κ3) is 2.75. The Morgan fingerprint density at radius 2 is 2.12 bits per heavy atom. The molecule has 1 heteroatoms. The van der Waals surface area contributed by atoms with E-state index in [0.717, 1.165) is 35.8 Å². The smallest absolute Gasteiger partial charge is 0.126 e. The third-order valence-electron chi connectivity index (χ3n) is 2.46. The van der Waals surface area contributed by atoms with E-state index in [-0.39, 0.29) is 0 Å². The van der Waals surface area contributed by atoms with Crippen LogP contribution in [0.1, 0.15) is 31.4 Å². The van der Waals surface area contributed by atoms with Crippen LogP contribution in [0, 0.1) is 5.92 Å². The molecule has 0 bridgehead atoms. The summed E-state index contributed by atoms with van der Waals surface area (Å²) in [5, 5.41) is 0. The standard InChI is InChI=1S/C15H19O/c1-5-11-16-15-10-8-9-14(12(4)6-2)13(15)7-3/h6-10H,2-3,5,11H2,1,4H3. The lowest BCUT2D eigenvalue weighted by Gasteiger charge is -2.14. The molecule has 0 fully saturated rings. The van der Waals surface area contributed by atoms with E-state index in [1.54, 1.807) is 0 Å². The van der Waals surface area contributed by atoms with Gasteiger partial charge in [-0.15, -0.1) is 6.58 Å². The van der Waals surface area contributed by atoms with Gasteiger partial charge in [-0.2, -0.15) is 0 Å². The predicted octanol–water partition coefficient (Wildman–Crippen LogP) is 4.25. The molecule has 1 rings (SSSR count). The van der Waals surface area contributed by atoms with E-state index in [0.29, 0.717) is 0 Å². The molecule has 1 aromatic carbocycles. The number of rotatable bonds is 6. The van der Waals surface area contributed by atoms with Gasteiger partial charge >= 0.3 is 0 Å². The molecule has 85 valence electrons. The van der Waals surface area contributed by atoms with Crippen molar-refractivity contribution in [3.8, 4) is 5.75 Å². The molecule has 16 heavy (non-hydrogen) atoms. The molecular weight excluding hydrogens is 196 g/mol. The van der Waals surface area contributed by atoms with Crippen LogP contribution in [0.3, 0.4) is 0 Å². The lowest BCUT2D eigenvalue weighted by molar-refractivity contribution is 0.316. The first-order valence-electron chi connectivity index (χ1n) is 5.59. The molecular formula is C15H19O. The van der Waals surface area contributed by atoms with Crippen LogP contribution in [0.15, 0.2) is 37.4 Å². The second-order valence-electron chi connectivity index (χ2n) is 3.66. The Bertz CT molecular complexity index is 366. The molecule has 0 saturated carbocycles. The summed E-state index contributed by atoms with van der Waals surface area (Å²) in [5.41, 5.74) is 2.19. The zero-order valence-corrected chi connectivity index (χ0v) is 10.1. The molecule has 0 aliphatic heterocycles. The summed E-state index contributed by atoms with van der Waals surface area (Å²) in [6.07, 6.45) is 4.70. The highest BCUT2D eigenvalue weighted by atomic mass is 16.5. The summed E-state index contributed by atoms with van der Waals surface area (Å²) in [6, 6.07) is 6.04. The number of hydrogen-bond acceptors (Lipinski definition) is 1. The van der Waals surface area contributed by atoms with Gasteiger partial charge in [-0.05, 0) is 18.1 Å². The Kier molecular flexibility index (Phi) is 4.84. The van der Waals surface area contributed by atoms with Crippen LogP contribution in [0.2, 0.25) is 0 Å². The summed E-state index contributed by atoms with van der Waals surface area (Å²) in [6.45, 7) is 12.5. The van der Waals surface area contributed by atoms with Crippen molar-refractivity contribution in [3.05, 3.63) is 54.5 Å². The highest BCUT2D eigenvalue weighted by Crippen LogP contribution is 2.29. The van der Waals surface area contributed by atoms with Crippen molar-refractivity contribution in [1.29, 1.82) is 0 Å². The highest BCUT2D eigenvalue weighted by molar-refractivity contribution is 5.64. The van der Waals surface area contributed by atoms with Crippen molar-refractivity contribution in [2.75, 3.05) is 6.61 Å². The van der Waals surface area contributed by atoms with Crippen LogP contribution in [0.4, 0.5) is 0 Å². The van der Waals surface area contributed by atoms with Gasteiger partial charge in [-0.25, -0.2) is 0 Å². The second-order valence-corrected chi connectivity index (χ2v) is 3.66. The normalized spacial score (nSPS) is 10.2. The van der Waals surface area contributed by atoms with E-state index < -0.39 is 0 Å². The molecule has 0 N–H and O–H groups in total. The third-order valence-corrected chi connectivity index (χ3v) is 2.46. The Hall–Kier alpha value is -1.50. The van der Waals surface area contributed by atoms with Crippen LogP contribution in [0.5, 0.6) is 5.75 Å². The Morgan fingerprint density at radius 3 is 2.69 bits per heavy atom. The molecule has 0 atom stereocenters. The molecule has 0 aliphatic carbocycles. The molecule has 1 nitrogen and oxygen atoms in total. The minimum atomic E-state index is 0.734. The lowest BCUT2D eigenvalue weighted by Crippen LogP contribution is -2.01. The van der Waals surface area contributed by atoms with Gasteiger partial charge in [0.05, 0.1) is 6.61 Å². The van der Waals surface area contributed by atoms with Crippen molar-refractivity contribution in [1.82, 2.24) is 0 Å². The average Bonchev–Trinajstić information content (AvgIpc) is 2.34. The largest absolute Gasteiger partial charge is 0.493 e. The second kappa shape index (κ2) is 6.16. The fourth-order valence-electron chi connectivity index (χ4n) is 1.55. The van der Waals surface area contributed by atoms with E-state index in [1.807, 2.05) is 31.2 Å². The Balaban J connectivity index is 3.09. The van der Waals surface area contributed by atoms with Crippen LogP contribution in [-0.2, 0) is 0 Å². The predicted molar refractivity (Wildman–Crippen MR) is 70.5 cm³/mol. The summed E-state index contributed by atoms with van der Waals surface area (Å²) in [5.74, 6) is 2.03. The van der Waals surface area contributed by atoms with E-state index >= 15 is 0 Å². The summed E-state index contributed by atoms with van der Waals surface area (Å²) >= 11 is 0. The van der Waals surface area contributed by atoms with Gasteiger partial charge < -0.3 is 4.74 Å². The fraction of sp³-hybridized carbons (Fsp3) is 0.267. The Morgan fingerprint density at radius 1 is 1.38 bits per heavy atom. The summed E-state index contributed by atoms with van der Waals surface area (Å²) in [7, 11) is 0. The van der Waals surface area contributed by atoms with Crippen molar-refractivity contribution in [2.45, 2.75) is 20.3 Å². The number of ether oxygens (including phenoxy) is 1. The minimum Gasteiger partial charge on any atom is -0.493 e. The summed E-state index contributed by atoms with van der Waals surface area (Å²) < 4.78 is 5.69. The van der Waals surface area contributed by atoms with Gasteiger partial charge in [-0.1, -0.05) is 44.7 Å². The molecule has 1 aromatic rings. The maximum atomic E-state index is 5.69. The first-order chi connectivity index (χ1) is 7.74. The first-order valence-corrected chi connectivity index (χ1v) is 5.59. The van der Waals surface area contributed by atoms with Crippen molar-refractivity contribution in [3.63, 3.8) is 0 Å². The van der Waals surface area contributed by atoms with Crippen molar-refractivity contribution >= 4 is 6.08 Å². The van der Waals surface area contributed by atoms with Crippen molar-refractivity contribution in [2.24, 2.45) is 0 Å². The lowest BCUT2D eigenvalue weighted by atomic mass is 9.95. The molecule has 0 aliphatic rings. The van der Waals surface area contributed by atoms with E-state index in [9.17, 15) is 0 Å². The van der Waals surface area contributed by atoms with Crippen LogP contribution in [0.25, 0.3) is 6.08 Å². The molecule has 0 aromatic heterocycles. The number of allylic oxidation sites excluding steroid dienone is 1. The molecule has 0 amide bonds. The molecule has 0 heterocycles. The van der Waals surface area contributed by atoms with Gasteiger partial charge in [0.25, 0.3) is 0 Å². The Labute approximate surface area is 98.5 Å². The topological polar surface area (TPSA) is 9.23 Å². The van der Waals surface area contributed by atoms with Gasteiger partial charge in [0.1, 0.15) is 5.75 Å². The average molecular weight is 215 g/mol. The van der Waals surface area contributed by atoms with E-state index in [1.165, 1.54) is 0 Å². The molecule has 0 spiro atoms. The molecule has 1 radical (unpaired) electrons. The number of benzene rings is 1. The minimum absolute atomic E-state index is 0.734. The van der Waals surface area contributed by atoms with Crippen LogP contribution < -0.4 is 4.74 Å². The zero-order valence-electron chi connectivity index (χ0n) is 10.1. The maximum Gasteiger partial charge on any atom is 0.126 e. The first kappa shape index (κ1) is 12.6. The van der Waals surface area contributed by atoms with Crippen LogP contribution >= 0.6 is 0 Å². The SMILES string of the molecule is C=C[C](C)c1cccc(OCCC)c1C=C. The van der Waals surface area contributed by atoms with Gasteiger partial charge in [0.2, 0.25) is 0 Å². The summed E-state index contributed by atoms with van der Waals surface area (Å²) in [4.78, 5) is 0. The van der Waals surface area contributed by atoms with Crippen LogP contribution in [-0.4, -0.2) is 6.61 Å². The highest BCUT2D eigenvalue weighted by Gasteiger charge is 2.10. The number of hydrogen-bond donors (Lipinski definition) is 0.